The van der Waals surface area contributed by atoms with Crippen molar-refractivity contribution < 1.29 is 19.1 Å². The second-order valence-corrected chi connectivity index (χ2v) is 8.22. The number of carbonyl (C=O) groups is 2. The maximum atomic E-state index is 12.1. The fourth-order valence-corrected chi connectivity index (χ4v) is 2.99. The fraction of sp³-hybridized carbons (Fsp3) is 0.619. The molecule has 0 aromatic heterocycles. The molecule has 0 unspecified atom stereocenters. The molecule has 156 valence electrons. The van der Waals surface area contributed by atoms with E-state index in [0.29, 0.717) is 19.6 Å². The van der Waals surface area contributed by atoms with Crippen molar-refractivity contribution in [1.82, 2.24) is 15.1 Å². The molecule has 1 saturated heterocycles. The lowest BCUT2D eigenvalue weighted by molar-refractivity contribution is -0.123. The lowest BCUT2D eigenvalue weighted by Crippen LogP contribution is -2.51. The number of rotatable bonds is 6. The zero-order valence-electron chi connectivity index (χ0n) is 17.7. The zero-order chi connectivity index (χ0) is 20.7. The van der Waals surface area contributed by atoms with Crippen LogP contribution >= 0.6 is 0 Å². The molecule has 0 bridgehead atoms. The van der Waals surface area contributed by atoms with Crippen molar-refractivity contribution in [2.24, 2.45) is 0 Å². The average Bonchev–Trinajstić information content (AvgIpc) is 2.60. The van der Waals surface area contributed by atoms with Crippen molar-refractivity contribution >= 4 is 12.0 Å². The summed E-state index contributed by atoms with van der Waals surface area (Å²) in [5.41, 5.74) is 1.72. The van der Waals surface area contributed by atoms with Gasteiger partial charge in [0, 0.05) is 39.3 Å². The van der Waals surface area contributed by atoms with Crippen molar-refractivity contribution in [2.45, 2.75) is 40.2 Å². The van der Waals surface area contributed by atoms with Gasteiger partial charge in [-0.3, -0.25) is 9.69 Å². The number of nitrogens with one attached hydrogen (secondary N) is 1. The SMILES string of the molecule is Cc1ccc(OCC(=O)NCCN2CCN(C(=O)OC(C)(C)C)CC2)c(C)c1. The van der Waals surface area contributed by atoms with Gasteiger partial charge in [0.15, 0.2) is 6.61 Å². The van der Waals surface area contributed by atoms with Gasteiger partial charge in [-0.15, -0.1) is 0 Å². The number of ether oxygens (including phenoxy) is 2. The van der Waals surface area contributed by atoms with Crippen LogP contribution in [0.2, 0.25) is 0 Å². The summed E-state index contributed by atoms with van der Waals surface area (Å²) in [6.07, 6.45) is -0.260. The summed E-state index contributed by atoms with van der Waals surface area (Å²) in [6.45, 7) is 13.7. The first-order chi connectivity index (χ1) is 13.1. The van der Waals surface area contributed by atoms with Gasteiger partial charge in [-0.25, -0.2) is 4.79 Å². The molecule has 1 aliphatic rings. The molecule has 1 aliphatic heterocycles. The van der Waals surface area contributed by atoms with Gasteiger partial charge in [-0.1, -0.05) is 17.7 Å². The van der Waals surface area contributed by atoms with E-state index in [9.17, 15) is 9.59 Å². The Bertz CT molecular complexity index is 677. The van der Waals surface area contributed by atoms with Crippen LogP contribution in [0.3, 0.4) is 0 Å². The Balaban J connectivity index is 1.62. The number of hydrogen-bond donors (Lipinski definition) is 1. The van der Waals surface area contributed by atoms with Crippen LogP contribution in [0.4, 0.5) is 4.79 Å². The quantitative estimate of drug-likeness (QED) is 0.806. The lowest BCUT2D eigenvalue weighted by atomic mass is 10.1. The van der Waals surface area contributed by atoms with Crippen molar-refractivity contribution in [3.05, 3.63) is 29.3 Å². The molecular weight excluding hydrogens is 358 g/mol. The first kappa shape index (κ1) is 22.0. The van der Waals surface area contributed by atoms with Crippen LogP contribution in [0.15, 0.2) is 18.2 Å². The van der Waals surface area contributed by atoms with Gasteiger partial charge in [-0.05, 0) is 46.2 Å². The highest BCUT2D eigenvalue weighted by atomic mass is 16.6. The number of hydrogen-bond acceptors (Lipinski definition) is 5. The van der Waals surface area contributed by atoms with Crippen LogP contribution in [-0.4, -0.2) is 73.3 Å². The van der Waals surface area contributed by atoms with E-state index < -0.39 is 5.60 Å². The van der Waals surface area contributed by atoms with Crippen LogP contribution in [0.25, 0.3) is 0 Å². The highest BCUT2D eigenvalue weighted by Gasteiger charge is 2.25. The molecule has 7 nitrogen and oxygen atoms in total. The topological polar surface area (TPSA) is 71.1 Å². The Morgan fingerprint density at radius 3 is 2.39 bits per heavy atom. The zero-order valence-corrected chi connectivity index (χ0v) is 17.7. The number of carbonyl (C=O) groups excluding carboxylic acids is 2. The van der Waals surface area contributed by atoms with Gasteiger partial charge in [0.25, 0.3) is 5.91 Å². The average molecular weight is 392 g/mol. The van der Waals surface area contributed by atoms with E-state index in [1.807, 2.05) is 52.8 Å². The summed E-state index contributed by atoms with van der Waals surface area (Å²) < 4.78 is 11.0. The van der Waals surface area contributed by atoms with Crippen molar-refractivity contribution in [2.75, 3.05) is 45.9 Å². The van der Waals surface area contributed by atoms with Gasteiger partial charge in [0.1, 0.15) is 11.4 Å². The van der Waals surface area contributed by atoms with Crippen LogP contribution < -0.4 is 10.1 Å². The number of piperazine rings is 1. The third kappa shape index (κ3) is 7.38. The minimum Gasteiger partial charge on any atom is -0.484 e. The van der Waals surface area contributed by atoms with Crippen LogP contribution in [0.1, 0.15) is 31.9 Å². The molecule has 1 N–H and O–H groups in total. The molecular formula is C21H33N3O4. The van der Waals surface area contributed by atoms with Crippen molar-refractivity contribution in [3.63, 3.8) is 0 Å². The first-order valence-electron chi connectivity index (χ1n) is 9.81. The molecule has 1 fully saturated rings. The normalized spacial score (nSPS) is 15.2. The summed E-state index contributed by atoms with van der Waals surface area (Å²) in [5.74, 6) is 0.603. The number of aryl methyl sites for hydroxylation is 2. The minimum atomic E-state index is -0.475. The molecule has 1 aromatic carbocycles. The van der Waals surface area contributed by atoms with Gasteiger partial charge in [0.05, 0.1) is 0 Å². The molecule has 0 aliphatic carbocycles. The smallest absolute Gasteiger partial charge is 0.410 e. The maximum absolute atomic E-state index is 12.1. The van der Waals surface area contributed by atoms with E-state index in [2.05, 4.69) is 10.2 Å². The monoisotopic (exact) mass is 391 g/mol. The van der Waals surface area contributed by atoms with E-state index >= 15 is 0 Å². The second-order valence-electron chi connectivity index (χ2n) is 8.22. The molecule has 2 amide bonds. The predicted molar refractivity (Wildman–Crippen MR) is 109 cm³/mol. The Labute approximate surface area is 168 Å². The summed E-state index contributed by atoms with van der Waals surface area (Å²) in [5, 5.41) is 2.89. The Hall–Kier alpha value is -2.28. The highest BCUT2D eigenvalue weighted by molar-refractivity contribution is 5.77. The van der Waals surface area contributed by atoms with E-state index in [-0.39, 0.29) is 18.6 Å². The highest BCUT2D eigenvalue weighted by Crippen LogP contribution is 2.18. The first-order valence-corrected chi connectivity index (χ1v) is 9.81. The summed E-state index contributed by atoms with van der Waals surface area (Å²) in [7, 11) is 0. The van der Waals surface area contributed by atoms with Crippen molar-refractivity contribution in [3.8, 4) is 5.75 Å². The van der Waals surface area contributed by atoms with Crippen LogP contribution in [0.5, 0.6) is 5.75 Å². The molecule has 1 aromatic rings. The summed E-state index contributed by atoms with van der Waals surface area (Å²) in [4.78, 5) is 28.0. The Kier molecular flexibility index (Phi) is 7.69. The van der Waals surface area contributed by atoms with Gasteiger partial charge >= 0.3 is 6.09 Å². The number of amides is 2. The summed E-state index contributed by atoms with van der Waals surface area (Å²) >= 11 is 0. The summed E-state index contributed by atoms with van der Waals surface area (Å²) in [6, 6.07) is 5.89. The molecule has 28 heavy (non-hydrogen) atoms. The number of nitrogens with zero attached hydrogens (tertiary/aromatic N) is 2. The van der Waals surface area contributed by atoms with Gasteiger partial charge in [-0.2, -0.15) is 0 Å². The molecule has 7 heteroatoms. The van der Waals surface area contributed by atoms with E-state index in [4.69, 9.17) is 9.47 Å². The van der Waals surface area contributed by atoms with Crippen molar-refractivity contribution in [1.29, 1.82) is 0 Å². The van der Waals surface area contributed by atoms with E-state index in [0.717, 1.165) is 30.9 Å². The molecule has 1 heterocycles. The number of benzene rings is 1. The van der Waals surface area contributed by atoms with Gasteiger partial charge < -0.3 is 19.7 Å². The predicted octanol–water partition coefficient (Wildman–Crippen LogP) is 2.35. The van der Waals surface area contributed by atoms with Gasteiger partial charge in [0.2, 0.25) is 0 Å². The third-order valence-corrected chi connectivity index (χ3v) is 4.46. The lowest BCUT2D eigenvalue weighted by Gasteiger charge is -2.35. The third-order valence-electron chi connectivity index (χ3n) is 4.46. The largest absolute Gasteiger partial charge is 0.484 e. The molecule has 0 radical (unpaired) electrons. The molecule has 0 spiro atoms. The maximum Gasteiger partial charge on any atom is 0.410 e. The second kappa shape index (κ2) is 9.78. The van der Waals surface area contributed by atoms with Crippen LogP contribution in [0, 0.1) is 13.8 Å². The Morgan fingerprint density at radius 1 is 1.11 bits per heavy atom. The molecule has 0 atom stereocenters. The molecule has 0 saturated carbocycles. The minimum absolute atomic E-state index is 0.0102. The molecule has 2 rings (SSSR count). The Morgan fingerprint density at radius 2 is 1.79 bits per heavy atom. The standard InChI is InChI=1S/C21H33N3O4/c1-16-6-7-18(17(2)14-16)27-15-19(25)22-8-9-23-10-12-24(13-11-23)20(26)28-21(3,4)5/h6-7,14H,8-13,15H2,1-5H3,(H,22,25). The van der Waals surface area contributed by atoms with E-state index in [1.165, 1.54) is 5.56 Å². The van der Waals surface area contributed by atoms with E-state index in [1.54, 1.807) is 4.90 Å². The van der Waals surface area contributed by atoms with Crippen LogP contribution in [-0.2, 0) is 9.53 Å². The fourth-order valence-electron chi connectivity index (χ4n) is 2.99.